The average molecular weight is 539 g/mol. The summed E-state index contributed by atoms with van der Waals surface area (Å²) < 4.78 is 25.3. The summed E-state index contributed by atoms with van der Waals surface area (Å²) in [5, 5.41) is 1.78. The SMILES string of the molecule is COc1ccc2cc3[n+](cc2c1OC(=O)c1cc(C(C)(C)C)cc(C(C)(C)C)c1)CCc1cc2c(cc1-3)OCO2. The molecular weight excluding hydrogens is 502 g/mol. The number of aromatic nitrogens is 1. The molecule has 2 aliphatic rings. The van der Waals surface area contributed by atoms with Gasteiger partial charge in [0.25, 0.3) is 0 Å². The van der Waals surface area contributed by atoms with Gasteiger partial charge in [0.05, 0.1) is 23.6 Å². The van der Waals surface area contributed by atoms with Crippen LogP contribution in [0.2, 0.25) is 0 Å². The van der Waals surface area contributed by atoms with Gasteiger partial charge in [-0.15, -0.1) is 0 Å². The van der Waals surface area contributed by atoms with Crippen molar-refractivity contribution in [3.8, 4) is 34.3 Å². The molecule has 2 aliphatic heterocycles. The number of carbonyl (C=O) groups is 1. The van der Waals surface area contributed by atoms with E-state index >= 15 is 0 Å². The highest BCUT2D eigenvalue weighted by Gasteiger charge is 2.30. The van der Waals surface area contributed by atoms with Crippen LogP contribution in [0.3, 0.4) is 0 Å². The van der Waals surface area contributed by atoms with Crippen molar-refractivity contribution in [1.82, 2.24) is 0 Å². The largest absolute Gasteiger partial charge is 0.493 e. The Labute approximate surface area is 235 Å². The lowest BCUT2D eigenvalue weighted by molar-refractivity contribution is -0.686. The van der Waals surface area contributed by atoms with Crippen LogP contribution < -0.4 is 23.5 Å². The molecule has 0 aliphatic carbocycles. The van der Waals surface area contributed by atoms with Crippen molar-refractivity contribution in [2.24, 2.45) is 0 Å². The standard InChI is InChI=1S/C34H36NO5/c1-33(2,3)23-12-22(13-24(16-23)34(4,5)6)32(36)40-31-26-18-35-11-10-21-15-29-30(39-19-38-29)17-25(21)27(35)14-20(26)8-9-28(31)37-7/h8-9,12-18H,10-11,19H2,1-7H3/q+1. The third-order valence-electron chi connectivity index (χ3n) is 7.89. The second-order valence-corrected chi connectivity index (χ2v) is 12.8. The molecule has 0 saturated heterocycles. The summed E-state index contributed by atoms with van der Waals surface area (Å²) in [6.07, 6.45) is 2.93. The molecule has 3 heterocycles. The van der Waals surface area contributed by atoms with E-state index in [9.17, 15) is 4.79 Å². The molecule has 206 valence electrons. The van der Waals surface area contributed by atoms with E-state index in [1.807, 2.05) is 24.3 Å². The lowest BCUT2D eigenvalue weighted by Gasteiger charge is -2.26. The minimum atomic E-state index is -0.400. The van der Waals surface area contributed by atoms with Gasteiger partial charge in [-0.25, -0.2) is 4.79 Å². The summed E-state index contributed by atoms with van der Waals surface area (Å²) in [5.41, 5.74) is 5.95. The zero-order valence-electron chi connectivity index (χ0n) is 24.3. The van der Waals surface area contributed by atoms with Crippen molar-refractivity contribution in [2.45, 2.75) is 65.3 Å². The number of esters is 1. The van der Waals surface area contributed by atoms with E-state index in [4.69, 9.17) is 18.9 Å². The topological polar surface area (TPSA) is 57.9 Å². The number of methoxy groups -OCH3 is 1. The van der Waals surface area contributed by atoms with Gasteiger partial charge in [0.1, 0.15) is 0 Å². The zero-order valence-corrected chi connectivity index (χ0v) is 24.3. The zero-order chi connectivity index (χ0) is 28.4. The van der Waals surface area contributed by atoms with Crippen LogP contribution in [0.4, 0.5) is 0 Å². The third kappa shape index (κ3) is 4.55. The van der Waals surface area contributed by atoms with Crippen molar-refractivity contribution < 1.29 is 28.3 Å². The van der Waals surface area contributed by atoms with Gasteiger partial charge in [-0.1, -0.05) is 47.6 Å². The normalized spacial score (nSPS) is 14.1. The molecule has 0 radical (unpaired) electrons. The summed E-state index contributed by atoms with van der Waals surface area (Å²) in [6.45, 7) is 14.0. The smallest absolute Gasteiger partial charge is 0.343 e. The van der Waals surface area contributed by atoms with Crippen molar-refractivity contribution >= 4 is 16.7 Å². The maximum Gasteiger partial charge on any atom is 0.343 e. The molecule has 40 heavy (non-hydrogen) atoms. The molecule has 0 unspecified atom stereocenters. The molecule has 0 amide bonds. The van der Waals surface area contributed by atoms with Gasteiger partial charge in [0.15, 0.2) is 35.7 Å². The fourth-order valence-corrected chi connectivity index (χ4v) is 5.43. The summed E-state index contributed by atoms with van der Waals surface area (Å²) in [4.78, 5) is 13.7. The molecule has 0 atom stereocenters. The maximum atomic E-state index is 13.7. The first-order chi connectivity index (χ1) is 18.9. The molecule has 0 bridgehead atoms. The summed E-state index contributed by atoms with van der Waals surface area (Å²) in [6, 6.07) is 16.3. The number of hydrogen-bond acceptors (Lipinski definition) is 5. The van der Waals surface area contributed by atoms with Crippen molar-refractivity contribution in [3.63, 3.8) is 0 Å². The minimum absolute atomic E-state index is 0.114. The van der Waals surface area contributed by atoms with Crippen LogP contribution in [0.15, 0.2) is 54.7 Å². The highest BCUT2D eigenvalue weighted by atomic mass is 16.7. The fraction of sp³-hybridized carbons (Fsp3) is 0.353. The maximum absolute atomic E-state index is 13.7. The predicted molar refractivity (Wildman–Crippen MR) is 155 cm³/mol. The molecule has 3 aromatic carbocycles. The Morgan fingerprint density at radius 3 is 2.20 bits per heavy atom. The summed E-state index contributed by atoms with van der Waals surface area (Å²) in [5.74, 6) is 2.11. The Hall–Kier alpha value is -4.06. The van der Waals surface area contributed by atoms with E-state index in [0.717, 1.165) is 57.6 Å². The van der Waals surface area contributed by atoms with E-state index < -0.39 is 5.97 Å². The number of nitrogens with zero attached hydrogens (tertiary/aromatic N) is 1. The first-order valence-electron chi connectivity index (χ1n) is 13.8. The summed E-state index contributed by atoms with van der Waals surface area (Å²) in [7, 11) is 1.60. The van der Waals surface area contributed by atoms with Crippen LogP contribution >= 0.6 is 0 Å². The number of rotatable bonds is 3. The third-order valence-corrected chi connectivity index (χ3v) is 7.89. The molecule has 4 aromatic rings. The number of pyridine rings is 1. The van der Waals surface area contributed by atoms with E-state index in [1.165, 1.54) is 5.56 Å². The van der Waals surface area contributed by atoms with Gasteiger partial charge in [0.2, 0.25) is 12.5 Å². The van der Waals surface area contributed by atoms with Crippen LogP contribution in [0.1, 0.15) is 68.6 Å². The number of ether oxygens (including phenoxy) is 4. The quantitative estimate of drug-likeness (QED) is 0.161. The van der Waals surface area contributed by atoms with Gasteiger partial charge in [-0.3, -0.25) is 0 Å². The molecule has 6 nitrogen and oxygen atoms in total. The second-order valence-electron chi connectivity index (χ2n) is 12.8. The predicted octanol–water partition coefficient (Wildman–Crippen LogP) is 6.90. The number of hydrogen-bond donors (Lipinski definition) is 0. The molecule has 6 heteroatoms. The highest BCUT2D eigenvalue weighted by molar-refractivity contribution is 5.97. The summed E-state index contributed by atoms with van der Waals surface area (Å²) >= 11 is 0. The van der Waals surface area contributed by atoms with E-state index in [1.54, 1.807) is 7.11 Å². The Morgan fingerprint density at radius 2 is 1.55 bits per heavy atom. The van der Waals surface area contributed by atoms with E-state index in [0.29, 0.717) is 17.1 Å². The lowest BCUT2D eigenvalue weighted by Crippen LogP contribution is -2.40. The number of carbonyl (C=O) groups excluding carboxylic acids is 1. The van der Waals surface area contributed by atoms with Gasteiger partial charge in [-0.2, -0.15) is 4.57 Å². The van der Waals surface area contributed by atoms with E-state index in [-0.39, 0.29) is 17.6 Å². The van der Waals surface area contributed by atoms with Crippen LogP contribution in [0.5, 0.6) is 23.0 Å². The Morgan fingerprint density at radius 1 is 0.875 bits per heavy atom. The van der Waals surface area contributed by atoms with Crippen LogP contribution in [0, 0.1) is 0 Å². The van der Waals surface area contributed by atoms with Gasteiger partial charge in [0, 0.05) is 12.5 Å². The molecular formula is C34H36NO5+. The minimum Gasteiger partial charge on any atom is -0.493 e. The van der Waals surface area contributed by atoms with E-state index in [2.05, 4.69) is 76.6 Å². The number of aryl methyl sites for hydroxylation is 2. The first-order valence-corrected chi connectivity index (χ1v) is 13.8. The van der Waals surface area contributed by atoms with Crippen molar-refractivity contribution in [2.75, 3.05) is 13.9 Å². The first kappa shape index (κ1) is 26.2. The Balaban J connectivity index is 1.44. The molecule has 0 saturated carbocycles. The average Bonchev–Trinajstić information content (AvgIpc) is 3.37. The van der Waals surface area contributed by atoms with Gasteiger partial charge in [-0.05, 0) is 69.3 Å². The molecule has 0 spiro atoms. The molecule has 0 fully saturated rings. The van der Waals surface area contributed by atoms with Crippen molar-refractivity contribution in [1.29, 1.82) is 0 Å². The second kappa shape index (κ2) is 9.26. The van der Waals surface area contributed by atoms with Crippen LogP contribution in [-0.2, 0) is 23.8 Å². The van der Waals surface area contributed by atoms with Gasteiger partial charge < -0.3 is 18.9 Å². The number of fused-ring (bicyclic) bond motifs is 5. The monoisotopic (exact) mass is 538 g/mol. The van der Waals surface area contributed by atoms with Crippen LogP contribution in [0.25, 0.3) is 22.0 Å². The Kier molecular flexibility index (Phi) is 6.06. The molecule has 1 aromatic heterocycles. The van der Waals surface area contributed by atoms with Gasteiger partial charge >= 0.3 is 5.97 Å². The van der Waals surface area contributed by atoms with Crippen LogP contribution in [-0.4, -0.2) is 19.9 Å². The molecule has 0 N–H and O–H groups in total. The van der Waals surface area contributed by atoms with Crippen molar-refractivity contribution in [3.05, 3.63) is 77.0 Å². The fourth-order valence-electron chi connectivity index (χ4n) is 5.43. The molecule has 6 rings (SSSR count). The lowest BCUT2D eigenvalue weighted by atomic mass is 9.79. The highest BCUT2D eigenvalue weighted by Crippen LogP contribution is 2.42. The Bertz CT molecular complexity index is 1640. The number of benzene rings is 3.